The lowest BCUT2D eigenvalue weighted by Crippen LogP contribution is -2.45. The number of hydrogen-bond donors (Lipinski definition) is 2. The Morgan fingerprint density at radius 2 is 1.64 bits per heavy atom. The fraction of sp³-hybridized carbons (Fsp3) is 0.0833. The lowest BCUT2D eigenvalue weighted by molar-refractivity contribution is -0.118. The highest BCUT2D eigenvalue weighted by atomic mass is 35.5. The molecule has 4 aromatic rings. The van der Waals surface area contributed by atoms with Crippen LogP contribution in [0.15, 0.2) is 78.9 Å². The first-order chi connectivity index (χ1) is 16.0. The van der Waals surface area contributed by atoms with E-state index in [0.717, 1.165) is 16.9 Å². The van der Waals surface area contributed by atoms with Crippen molar-refractivity contribution < 1.29 is 14.0 Å². The monoisotopic (exact) mass is 480 g/mol. The molecular formula is C24H18ClFN4O2S. The molecule has 0 spiro atoms. The molecule has 0 aliphatic rings. The number of hydrogen-bond acceptors (Lipinski definition) is 5. The van der Waals surface area contributed by atoms with Gasteiger partial charge in [0.2, 0.25) is 11.0 Å². The largest absolute Gasteiger partial charge is 0.340 e. The number of nitrogens with one attached hydrogen (secondary N) is 2. The van der Waals surface area contributed by atoms with Crippen molar-refractivity contribution in [3.63, 3.8) is 0 Å². The fourth-order valence-electron chi connectivity index (χ4n) is 3.12. The molecule has 166 valence electrons. The summed E-state index contributed by atoms with van der Waals surface area (Å²) in [4.78, 5) is 25.9. The Kier molecular flexibility index (Phi) is 7.07. The van der Waals surface area contributed by atoms with E-state index in [1.54, 1.807) is 36.4 Å². The molecule has 2 amide bonds. The quantitative estimate of drug-likeness (QED) is 0.391. The molecule has 6 nitrogen and oxygen atoms in total. The molecule has 1 aromatic heterocycles. The predicted octanol–water partition coefficient (Wildman–Crippen LogP) is 4.98. The topological polar surface area (TPSA) is 84.0 Å². The van der Waals surface area contributed by atoms with Gasteiger partial charge in [0.25, 0.3) is 5.91 Å². The van der Waals surface area contributed by atoms with Gasteiger partial charge in [0, 0.05) is 12.0 Å². The minimum atomic E-state index is -0.880. The molecule has 0 fully saturated rings. The van der Waals surface area contributed by atoms with Crippen LogP contribution in [0.4, 0.5) is 9.52 Å². The molecule has 0 unspecified atom stereocenters. The molecule has 2 N–H and O–H groups in total. The molecule has 0 aliphatic carbocycles. The number of halogens is 2. The van der Waals surface area contributed by atoms with E-state index in [2.05, 4.69) is 20.8 Å². The van der Waals surface area contributed by atoms with Crippen molar-refractivity contribution in [1.29, 1.82) is 0 Å². The summed E-state index contributed by atoms with van der Waals surface area (Å²) in [6.07, 6.45) is 0.270. The number of anilines is 1. The van der Waals surface area contributed by atoms with Crippen molar-refractivity contribution in [2.24, 2.45) is 0 Å². The number of amides is 2. The minimum Gasteiger partial charge on any atom is -0.340 e. The van der Waals surface area contributed by atoms with E-state index in [1.165, 1.54) is 12.1 Å². The Hall–Kier alpha value is -3.62. The van der Waals surface area contributed by atoms with Gasteiger partial charge in [-0.2, -0.15) is 0 Å². The highest BCUT2D eigenvalue weighted by Crippen LogP contribution is 2.26. The predicted molar refractivity (Wildman–Crippen MR) is 127 cm³/mol. The van der Waals surface area contributed by atoms with Crippen LogP contribution in [0.5, 0.6) is 0 Å². The number of nitrogens with zero attached hydrogens (tertiary/aromatic N) is 2. The third-order valence-corrected chi connectivity index (χ3v) is 5.99. The van der Waals surface area contributed by atoms with E-state index in [0.29, 0.717) is 15.6 Å². The molecule has 1 atom stereocenters. The molecule has 9 heteroatoms. The average molecular weight is 481 g/mol. The number of benzene rings is 3. The van der Waals surface area contributed by atoms with Gasteiger partial charge >= 0.3 is 0 Å². The smallest absolute Gasteiger partial charge is 0.253 e. The summed E-state index contributed by atoms with van der Waals surface area (Å²) in [5, 5.41) is 14.6. The Morgan fingerprint density at radius 1 is 0.939 bits per heavy atom. The van der Waals surface area contributed by atoms with Crippen LogP contribution in [-0.4, -0.2) is 28.1 Å². The van der Waals surface area contributed by atoms with E-state index in [1.807, 2.05) is 30.3 Å². The van der Waals surface area contributed by atoms with E-state index in [4.69, 9.17) is 11.6 Å². The Bertz CT molecular complexity index is 1260. The third kappa shape index (κ3) is 5.79. The maximum Gasteiger partial charge on any atom is 0.253 e. The Labute approximate surface area is 198 Å². The van der Waals surface area contributed by atoms with Crippen molar-refractivity contribution in [1.82, 2.24) is 15.5 Å². The Balaban J connectivity index is 1.52. The molecule has 0 bridgehead atoms. The number of carbonyl (C=O) groups is 2. The van der Waals surface area contributed by atoms with Gasteiger partial charge in [-0.15, -0.1) is 10.2 Å². The molecular weight excluding hydrogens is 463 g/mol. The number of rotatable bonds is 7. The Morgan fingerprint density at radius 3 is 2.36 bits per heavy atom. The number of aromatic nitrogens is 2. The first-order valence-electron chi connectivity index (χ1n) is 9.99. The van der Waals surface area contributed by atoms with E-state index >= 15 is 0 Å². The standard InChI is InChI=1S/C24H18ClFN4O2S/c25-19-9-5-4-8-18(19)21(31)27-20(14-15-6-2-1-3-7-15)22(32)28-24-30-29-23(33-24)16-10-12-17(26)13-11-16/h1-13,20H,14H2,(H,27,31)(H,28,30,32)/t20-/m0/s1. The van der Waals surface area contributed by atoms with E-state index < -0.39 is 17.9 Å². The van der Waals surface area contributed by atoms with Crippen molar-refractivity contribution in [2.45, 2.75) is 12.5 Å². The molecule has 0 saturated carbocycles. The molecule has 1 heterocycles. The van der Waals surface area contributed by atoms with Gasteiger partial charge in [0.1, 0.15) is 16.9 Å². The van der Waals surface area contributed by atoms with Gasteiger partial charge in [0.05, 0.1) is 10.6 Å². The van der Waals surface area contributed by atoms with Crippen LogP contribution in [0, 0.1) is 5.82 Å². The van der Waals surface area contributed by atoms with Gasteiger partial charge in [-0.05, 0) is 42.0 Å². The van der Waals surface area contributed by atoms with Crippen LogP contribution in [0.1, 0.15) is 15.9 Å². The third-order valence-electron chi connectivity index (χ3n) is 4.77. The van der Waals surface area contributed by atoms with Gasteiger partial charge < -0.3 is 5.32 Å². The summed E-state index contributed by atoms with van der Waals surface area (Å²) in [5.41, 5.74) is 1.84. The minimum absolute atomic E-state index is 0.268. The maximum absolute atomic E-state index is 13.2. The van der Waals surface area contributed by atoms with Crippen LogP contribution in [-0.2, 0) is 11.2 Å². The lowest BCUT2D eigenvalue weighted by atomic mass is 10.0. The summed E-state index contributed by atoms with van der Waals surface area (Å²) in [7, 11) is 0. The number of carbonyl (C=O) groups excluding carboxylic acids is 2. The van der Waals surface area contributed by atoms with E-state index in [-0.39, 0.29) is 22.9 Å². The molecule has 33 heavy (non-hydrogen) atoms. The normalized spacial score (nSPS) is 11.6. The molecule has 0 saturated heterocycles. The van der Waals surface area contributed by atoms with Crippen LogP contribution in [0.25, 0.3) is 10.6 Å². The summed E-state index contributed by atoms with van der Waals surface area (Å²) in [6, 6.07) is 20.9. The first kappa shape index (κ1) is 22.6. The highest BCUT2D eigenvalue weighted by molar-refractivity contribution is 7.18. The van der Waals surface area contributed by atoms with Crippen LogP contribution in [0.2, 0.25) is 5.02 Å². The lowest BCUT2D eigenvalue weighted by Gasteiger charge is -2.18. The SMILES string of the molecule is O=C(N[C@@H](Cc1ccccc1)C(=O)Nc1nnc(-c2ccc(F)cc2)s1)c1ccccc1Cl. The van der Waals surface area contributed by atoms with Gasteiger partial charge in [-0.1, -0.05) is 65.4 Å². The first-order valence-corrected chi connectivity index (χ1v) is 11.2. The summed E-state index contributed by atoms with van der Waals surface area (Å²) >= 11 is 7.29. The molecule has 4 rings (SSSR count). The molecule has 3 aromatic carbocycles. The fourth-order valence-corrected chi connectivity index (χ4v) is 4.09. The summed E-state index contributed by atoms with van der Waals surface area (Å²) in [5.74, 6) is -1.25. The van der Waals surface area contributed by atoms with E-state index in [9.17, 15) is 14.0 Å². The van der Waals surface area contributed by atoms with Crippen molar-refractivity contribution >= 4 is 39.9 Å². The van der Waals surface area contributed by atoms with Crippen LogP contribution in [0.3, 0.4) is 0 Å². The van der Waals surface area contributed by atoms with Crippen molar-refractivity contribution in [3.05, 3.63) is 101 Å². The van der Waals surface area contributed by atoms with Gasteiger partial charge in [-0.3, -0.25) is 14.9 Å². The zero-order valence-corrected chi connectivity index (χ0v) is 18.7. The van der Waals surface area contributed by atoms with Crippen LogP contribution >= 0.6 is 22.9 Å². The zero-order valence-electron chi connectivity index (χ0n) is 17.2. The maximum atomic E-state index is 13.2. The second-order valence-corrected chi connectivity index (χ2v) is 8.49. The van der Waals surface area contributed by atoms with Crippen molar-refractivity contribution in [3.8, 4) is 10.6 Å². The summed E-state index contributed by atoms with van der Waals surface area (Å²) < 4.78 is 13.2. The second kappa shape index (κ2) is 10.3. The molecule has 0 aliphatic heterocycles. The second-order valence-electron chi connectivity index (χ2n) is 7.10. The zero-order chi connectivity index (χ0) is 23.2. The highest BCUT2D eigenvalue weighted by Gasteiger charge is 2.24. The van der Waals surface area contributed by atoms with Crippen LogP contribution < -0.4 is 10.6 Å². The molecule has 0 radical (unpaired) electrons. The van der Waals surface area contributed by atoms with Crippen molar-refractivity contribution in [2.75, 3.05) is 5.32 Å². The summed E-state index contributed by atoms with van der Waals surface area (Å²) in [6.45, 7) is 0. The average Bonchev–Trinajstić information content (AvgIpc) is 3.28. The van der Waals surface area contributed by atoms with Gasteiger partial charge in [0.15, 0.2) is 0 Å². The van der Waals surface area contributed by atoms with Gasteiger partial charge in [-0.25, -0.2) is 4.39 Å².